The predicted octanol–water partition coefficient (Wildman–Crippen LogP) is 6.04. The van der Waals surface area contributed by atoms with Gasteiger partial charge in [-0.25, -0.2) is 6.57 Å². The van der Waals surface area contributed by atoms with E-state index >= 15 is 0 Å². The van der Waals surface area contributed by atoms with E-state index in [0.717, 1.165) is 18.3 Å². The van der Waals surface area contributed by atoms with Crippen molar-refractivity contribution in [3.8, 4) is 0 Å². The van der Waals surface area contributed by atoms with Crippen molar-refractivity contribution >= 4 is 0 Å². The molecule has 0 aromatic heterocycles. The largest absolute Gasteiger partial charge is 0.310 e. The zero-order valence-corrected chi connectivity index (χ0v) is 14.8. The van der Waals surface area contributed by atoms with Gasteiger partial charge < -0.3 is 4.85 Å². The lowest BCUT2D eigenvalue weighted by molar-refractivity contribution is -0.0733. The van der Waals surface area contributed by atoms with Crippen LogP contribution in [0.25, 0.3) is 4.85 Å². The summed E-state index contributed by atoms with van der Waals surface area (Å²) in [5, 5.41) is 0. The summed E-state index contributed by atoms with van der Waals surface area (Å²) in [7, 11) is 0. The first kappa shape index (κ1) is 15.9. The first-order chi connectivity index (χ1) is 10.3. The standard InChI is InChI=1S/C21H31N/c1-14(2)17-9-8-16(4)18-11-12-20(5,22-6)19-10-7-15(3)13-21(17,18)19/h13,16-19H,1,7-12H2,2-5H3. The van der Waals surface area contributed by atoms with Crippen molar-refractivity contribution in [2.24, 2.45) is 29.1 Å². The van der Waals surface area contributed by atoms with Gasteiger partial charge in [-0.05, 0) is 63.7 Å². The Bertz CT molecular complexity index is 551. The third kappa shape index (κ3) is 2.03. The summed E-state index contributed by atoms with van der Waals surface area (Å²) in [5.74, 6) is 2.63. The number of hydrogen-bond acceptors (Lipinski definition) is 0. The third-order valence-corrected chi connectivity index (χ3v) is 7.33. The molecule has 0 N–H and O–H groups in total. The lowest BCUT2D eigenvalue weighted by Crippen LogP contribution is -2.59. The Labute approximate surface area is 136 Å². The van der Waals surface area contributed by atoms with E-state index in [-0.39, 0.29) is 11.0 Å². The van der Waals surface area contributed by atoms with Gasteiger partial charge in [0.05, 0.1) is 0 Å². The van der Waals surface area contributed by atoms with E-state index < -0.39 is 0 Å². The summed E-state index contributed by atoms with van der Waals surface area (Å²) >= 11 is 0. The lowest BCUT2D eigenvalue weighted by atomic mass is 9.41. The van der Waals surface area contributed by atoms with Crippen LogP contribution < -0.4 is 0 Å². The van der Waals surface area contributed by atoms with E-state index in [2.05, 4.69) is 45.2 Å². The van der Waals surface area contributed by atoms with Crippen molar-refractivity contribution in [3.63, 3.8) is 0 Å². The Balaban J connectivity index is 2.20. The van der Waals surface area contributed by atoms with Gasteiger partial charge in [0.15, 0.2) is 0 Å². The zero-order valence-electron chi connectivity index (χ0n) is 14.8. The fraction of sp³-hybridized carbons (Fsp3) is 0.762. The SMILES string of the molecule is [C-]#[N+]C1(C)CCC2C(C)CCC(C(=C)C)C23C=C(C)CCC13. The summed E-state index contributed by atoms with van der Waals surface area (Å²) < 4.78 is 0. The van der Waals surface area contributed by atoms with E-state index in [1.54, 1.807) is 5.57 Å². The molecule has 3 aliphatic carbocycles. The molecular weight excluding hydrogens is 266 g/mol. The summed E-state index contributed by atoms with van der Waals surface area (Å²) in [6, 6.07) is 0. The van der Waals surface area contributed by atoms with Crippen LogP contribution in [0.15, 0.2) is 23.8 Å². The van der Waals surface area contributed by atoms with Gasteiger partial charge in [-0.1, -0.05) is 30.7 Å². The highest BCUT2D eigenvalue weighted by Gasteiger charge is 2.64. The van der Waals surface area contributed by atoms with Gasteiger partial charge in [-0.3, -0.25) is 0 Å². The first-order valence-electron chi connectivity index (χ1n) is 9.07. The van der Waals surface area contributed by atoms with Crippen molar-refractivity contribution in [1.29, 1.82) is 0 Å². The third-order valence-electron chi connectivity index (χ3n) is 7.33. The second-order valence-electron chi connectivity index (χ2n) is 8.65. The van der Waals surface area contributed by atoms with Crippen LogP contribution >= 0.6 is 0 Å². The van der Waals surface area contributed by atoms with Gasteiger partial charge >= 0.3 is 0 Å². The monoisotopic (exact) mass is 297 g/mol. The Morgan fingerprint density at radius 3 is 2.68 bits per heavy atom. The van der Waals surface area contributed by atoms with Crippen LogP contribution in [0.1, 0.15) is 66.2 Å². The van der Waals surface area contributed by atoms with E-state index in [1.165, 1.54) is 37.7 Å². The molecular formula is C21H31N. The Morgan fingerprint density at radius 2 is 2.05 bits per heavy atom. The maximum atomic E-state index is 7.88. The Kier molecular flexibility index (Phi) is 3.79. The average Bonchev–Trinajstić information content (AvgIpc) is 2.46. The molecule has 3 rings (SSSR count). The topological polar surface area (TPSA) is 4.36 Å². The molecule has 120 valence electrons. The fourth-order valence-electron chi connectivity index (χ4n) is 6.38. The van der Waals surface area contributed by atoms with E-state index in [1.807, 2.05) is 0 Å². The minimum absolute atomic E-state index is 0.168. The van der Waals surface area contributed by atoms with Gasteiger partial charge in [0.2, 0.25) is 5.54 Å². The highest BCUT2D eigenvalue weighted by molar-refractivity contribution is 5.30. The number of hydrogen-bond donors (Lipinski definition) is 0. The highest BCUT2D eigenvalue weighted by atomic mass is 14.9. The molecule has 6 unspecified atom stereocenters. The molecule has 2 fully saturated rings. The highest BCUT2D eigenvalue weighted by Crippen LogP contribution is 2.66. The molecule has 0 radical (unpaired) electrons. The molecule has 6 atom stereocenters. The van der Waals surface area contributed by atoms with Crippen molar-refractivity contribution in [2.45, 2.75) is 71.8 Å². The Morgan fingerprint density at radius 1 is 1.32 bits per heavy atom. The maximum Gasteiger partial charge on any atom is 0.233 e. The van der Waals surface area contributed by atoms with Crippen molar-refractivity contribution in [1.82, 2.24) is 0 Å². The zero-order chi connectivity index (χ0) is 16.1. The van der Waals surface area contributed by atoms with Gasteiger partial charge in [0, 0.05) is 24.7 Å². The van der Waals surface area contributed by atoms with Crippen molar-refractivity contribution in [2.75, 3.05) is 0 Å². The van der Waals surface area contributed by atoms with Crippen LogP contribution in [0.4, 0.5) is 0 Å². The van der Waals surface area contributed by atoms with Gasteiger partial charge in [-0.15, -0.1) is 0 Å². The quantitative estimate of drug-likeness (QED) is 0.410. The van der Waals surface area contributed by atoms with Crippen LogP contribution in [0.2, 0.25) is 0 Å². The minimum atomic E-state index is -0.168. The summed E-state index contributed by atoms with van der Waals surface area (Å²) in [5.41, 5.74) is 2.94. The molecule has 1 spiro atoms. The second kappa shape index (κ2) is 5.26. The van der Waals surface area contributed by atoms with Crippen molar-refractivity contribution < 1.29 is 0 Å². The fourth-order valence-corrected chi connectivity index (χ4v) is 6.38. The van der Waals surface area contributed by atoms with Gasteiger partial charge in [0.1, 0.15) is 0 Å². The number of nitrogens with zero attached hydrogens (tertiary/aromatic N) is 1. The van der Waals surface area contributed by atoms with Crippen LogP contribution in [0, 0.1) is 35.7 Å². The molecule has 0 aromatic carbocycles. The average molecular weight is 297 g/mol. The molecule has 3 aliphatic rings. The minimum Gasteiger partial charge on any atom is -0.310 e. The van der Waals surface area contributed by atoms with Gasteiger partial charge in [0.25, 0.3) is 0 Å². The summed E-state index contributed by atoms with van der Waals surface area (Å²) in [4.78, 5) is 4.18. The normalized spacial score (nSPS) is 47.7. The van der Waals surface area contributed by atoms with Crippen LogP contribution in [0.3, 0.4) is 0 Å². The molecule has 1 nitrogen and oxygen atoms in total. The molecule has 0 saturated heterocycles. The summed E-state index contributed by atoms with van der Waals surface area (Å²) in [6.07, 6.45) is 9.93. The molecule has 22 heavy (non-hydrogen) atoms. The molecule has 0 bridgehead atoms. The van der Waals surface area contributed by atoms with Gasteiger partial charge in [-0.2, -0.15) is 0 Å². The number of rotatable bonds is 1. The summed E-state index contributed by atoms with van der Waals surface area (Å²) in [6.45, 7) is 21.5. The lowest BCUT2D eigenvalue weighted by Gasteiger charge is -2.61. The predicted molar refractivity (Wildman–Crippen MR) is 93.3 cm³/mol. The molecule has 1 heteroatoms. The van der Waals surface area contributed by atoms with E-state index in [4.69, 9.17) is 6.57 Å². The maximum absolute atomic E-state index is 7.88. The van der Waals surface area contributed by atoms with Crippen LogP contribution in [-0.4, -0.2) is 5.54 Å². The van der Waals surface area contributed by atoms with Crippen LogP contribution in [-0.2, 0) is 0 Å². The van der Waals surface area contributed by atoms with Crippen molar-refractivity contribution in [3.05, 3.63) is 35.2 Å². The molecule has 0 amide bonds. The molecule has 0 heterocycles. The second-order valence-corrected chi connectivity index (χ2v) is 8.65. The van der Waals surface area contributed by atoms with E-state index in [0.29, 0.717) is 11.8 Å². The Hall–Kier alpha value is -1.03. The molecule has 0 aliphatic heterocycles. The van der Waals surface area contributed by atoms with E-state index in [9.17, 15) is 0 Å². The van der Waals surface area contributed by atoms with Crippen LogP contribution in [0.5, 0.6) is 0 Å². The smallest absolute Gasteiger partial charge is 0.233 e. The first-order valence-corrected chi connectivity index (χ1v) is 9.07. The number of allylic oxidation sites excluding steroid dienone is 3. The molecule has 2 saturated carbocycles. The molecule has 0 aromatic rings.